The number of hydrogen-bond acceptors (Lipinski definition) is 5. The Balaban J connectivity index is 2.92. The minimum absolute atomic E-state index is 0.173. The lowest BCUT2D eigenvalue weighted by Gasteiger charge is -2.21. The Kier molecular flexibility index (Phi) is 3.62. The lowest BCUT2D eigenvalue weighted by Crippen LogP contribution is -2.40. The fourth-order valence-corrected chi connectivity index (χ4v) is 1.81. The monoisotopic (exact) mass is 216 g/mol. The summed E-state index contributed by atoms with van der Waals surface area (Å²) in [6.07, 6.45) is 0. The van der Waals surface area contributed by atoms with Crippen molar-refractivity contribution < 1.29 is 19.7 Å². The van der Waals surface area contributed by atoms with Crippen molar-refractivity contribution in [3.8, 4) is 0 Å². The number of ether oxygens (including phenoxy) is 1. The maximum absolute atomic E-state index is 11.4. The molecule has 0 aromatic carbocycles. The molecule has 1 aromatic rings. The molecule has 0 saturated carbocycles. The molecule has 0 aliphatic heterocycles. The minimum atomic E-state index is -1.91. The van der Waals surface area contributed by atoms with Gasteiger partial charge in [-0.15, -0.1) is 11.3 Å². The zero-order chi connectivity index (χ0) is 10.6. The summed E-state index contributed by atoms with van der Waals surface area (Å²) < 4.78 is 4.68. The number of carbonyl (C=O) groups is 1. The van der Waals surface area contributed by atoms with E-state index < -0.39 is 18.2 Å². The van der Waals surface area contributed by atoms with Gasteiger partial charge in [0.25, 0.3) is 0 Å². The van der Waals surface area contributed by atoms with Gasteiger partial charge in [-0.1, -0.05) is 6.07 Å². The summed E-state index contributed by atoms with van der Waals surface area (Å²) in [5.41, 5.74) is -1.91. The molecule has 0 aliphatic carbocycles. The van der Waals surface area contributed by atoms with Crippen LogP contribution < -0.4 is 0 Å². The average molecular weight is 216 g/mol. The molecule has 1 atom stereocenters. The van der Waals surface area contributed by atoms with Crippen LogP contribution >= 0.6 is 11.3 Å². The van der Waals surface area contributed by atoms with Gasteiger partial charge in [0.15, 0.2) is 0 Å². The third-order valence-electron chi connectivity index (χ3n) is 1.77. The first-order chi connectivity index (χ1) is 6.65. The van der Waals surface area contributed by atoms with Crippen LogP contribution in [0.5, 0.6) is 0 Å². The highest BCUT2D eigenvalue weighted by Gasteiger charge is 2.39. The number of hydrogen-bond donors (Lipinski definition) is 2. The van der Waals surface area contributed by atoms with Gasteiger partial charge >= 0.3 is 5.97 Å². The smallest absolute Gasteiger partial charge is 0.346 e. The summed E-state index contributed by atoms with van der Waals surface area (Å²) in [5, 5.41) is 20.6. The van der Waals surface area contributed by atoms with Crippen LogP contribution in [0, 0.1) is 0 Å². The third-order valence-corrected chi connectivity index (χ3v) is 2.79. The highest BCUT2D eigenvalue weighted by atomic mass is 32.1. The molecule has 0 bridgehead atoms. The van der Waals surface area contributed by atoms with Crippen molar-refractivity contribution in [3.05, 3.63) is 22.4 Å². The molecule has 2 N–H and O–H groups in total. The van der Waals surface area contributed by atoms with Crippen molar-refractivity contribution in [2.45, 2.75) is 12.5 Å². The second-order valence-electron chi connectivity index (χ2n) is 2.72. The van der Waals surface area contributed by atoms with Gasteiger partial charge in [0.05, 0.1) is 13.2 Å². The molecule has 78 valence electrons. The zero-order valence-electron chi connectivity index (χ0n) is 7.77. The Morgan fingerprint density at radius 3 is 2.86 bits per heavy atom. The lowest BCUT2D eigenvalue weighted by molar-refractivity contribution is -0.170. The number of aliphatic hydroxyl groups is 2. The molecule has 1 rings (SSSR count). The average Bonchev–Trinajstić information content (AvgIpc) is 2.70. The topological polar surface area (TPSA) is 66.8 Å². The van der Waals surface area contributed by atoms with Gasteiger partial charge in [0.1, 0.15) is 0 Å². The number of esters is 1. The molecular weight excluding hydrogens is 204 g/mol. The van der Waals surface area contributed by atoms with E-state index in [1.807, 2.05) is 0 Å². The van der Waals surface area contributed by atoms with E-state index in [9.17, 15) is 9.90 Å². The molecule has 0 spiro atoms. The number of carbonyl (C=O) groups excluding carboxylic acids is 1. The van der Waals surface area contributed by atoms with E-state index in [0.717, 1.165) is 0 Å². The fourth-order valence-electron chi connectivity index (χ4n) is 1.01. The van der Waals surface area contributed by atoms with Crippen LogP contribution in [0.2, 0.25) is 0 Å². The standard InChI is InChI=1S/C9H12O4S/c1-2-13-8(11)9(12,6-10)7-4-3-5-14-7/h3-5,10,12H,2,6H2,1H3/t9-/m0/s1. The van der Waals surface area contributed by atoms with Crippen molar-refractivity contribution in [2.75, 3.05) is 13.2 Å². The molecule has 1 aromatic heterocycles. The Bertz CT molecular complexity index is 296. The van der Waals surface area contributed by atoms with E-state index in [4.69, 9.17) is 5.11 Å². The quantitative estimate of drug-likeness (QED) is 0.719. The molecule has 0 aliphatic rings. The first-order valence-electron chi connectivity index (χ1n) is 4.19. The van der Waals surface area contributed by atoms with Crippen molar-refractivity contribution in [1.82, 2.24) is 0 Å². The molecule has 0 amide bonds. The maximum atomic E-state index is 11.4. The second kappa shape index (κ2) is 4.54. The Morgan fingerprint density at radius 2 is 2.43 bits per heavy atom. The van der Waals surface area contributed by atoms with Crippen LogP contribution in [0.4, 0.5) is 0 Å². The molecule has 4 nitrogen and oxygen atoms in total. The van der Waals surface area contributed by atoms with Gasteiger partial charge < -0.3 is 14.9 Å². The van der Waals surface area contributed by atoms with E-state index in [2.05, 4.69) is 4.74 Å². The van der Waals surface area contributed by atoms with Crippen molar-refractivity contribution in [2.24, 2.45) is 0 Å². The summed E-state index contributed by atoms with van der Waals surface area (Å²) in [6.45, 7) is 1.14. The number of rotatable bonds is 4. The van der Waals surface area contributed by atoms with E-state index in [1.165, 1.54) is 11.3 Å². The largest absolute Gasteiger partial charge is 0.464 e. The van der Waals surface area contributed by atoms with Crippen LogP contribution in [0.1, 0.15) is 11.8 Å². The second-order valence-corrected chi connectivity index (χ2v) is 3.66. The fraction of sp³-hybridized carbons (Fsp3) is 0.444. The highest BCUT2D eigenvalue weighted by molar-refractivity contribution is 7.10. The summed E-state index contributed by atoms with van der Waals surface area (Å²) in [7, 11) is 0. The van der Waals surface area contributed by atoms with Crippen LogP contribution in [0.15, 0.2) is 17.5 Å². The summed E-state index contributed by atoms with van der Waals surface area (Å²) in [4.78, 5) is 11.8. The van der Waals surface area contributed by atoms with E-state index in [1.54, 1.807) is 24.4 Å². The summed E-state index contributed by atoms with van der Waals surface area (Å²) in [6, 6.07) is 3.28. The molecular formula is C9H12O4S. The molecule has 0 saturated heterocycles. The van der Waals surface area contributed by atoms with Gasteiger partial charge in [0.2, 0.25) is 5.60 Å². The van der Waals surface area contributed by atoms with Crippen molar-refractivity contribution in [3.63, 3.8) is 0 Å². The van der Waals surface area contributed by atoms with Crippen LogP contribution in [0.3, 0.4) is 0 Å². The first-order valence-corrected chi connectivity index (χ1v) is 5.07. The number of thiophene rings is 1. The Labute approximate surface area is 85.8 Å². The summed E-state index contributed by atoms with van der Waals surface area (Å²) in [5.74, 6) is -0.815. The predicted octanol–water partition coefficient (Wildman–Crippen LogP) is 0.491. The Morgan fingerprint density at radius 1 is 1.71 bits per heavy atom. The first kappa shape index (κ1) is 11.2. The van der Waals surface area contributed by atoms with E-state index in [0.29, 0.717) is 4.88 Å². The van der Waals surface area contributed by atoms with E-state index in [-0.39, 0.29) is 6.61 Å². The van der Waals surface area contributed by atoms with Crippen LogP contribution in [0.25, 0.3) is 0 Å². The molecule has 14 heavy (non-hydrogen) atoms. The molecule has 1 heterocycles. The number of aliphatic hydroxyl groups excluding tert-OH is 1. The van der Waals surface area contributed by atoms with Crippen molar-refractivity contribution in [1.29, 1.82) is 0 Å². The maximum Gasteiger partial charge on any atom is 0.346 e. The molecule has 0 fully saturated rings. The predicted molar refractivity (Wildman–Crippen MR) is 51.9 cm³/mol. The molecule has 0 radical (unpaired) electrons. The van der Waals surface area contributed by atoms with E-state index >= 15 is 0 Å². The molecule has 5 heteroatoms. The van der Waals surface area contributed by atoms with Crippen molar-refractivity contribution >= 4 is 17.3 Å². The third kappa shape index (κ3) is 1.95. The Hall–Kier alpha value is -0.910. The highest BCUT2D eigenvalue weighted by Crippen LogP contribution is 2.26. The van der Waals surface area contributed by atoms with Gasteiger partial charge in [-0.25, -0.2) is 4.79 Å². The SMILES string of the molecule is CCOC(=O)[C@](O)(CO)c1cccs1. The van der Waals surface area contributed by atoms with Gasteiger partial charge in [-0.05, 0) is 18.4 Å². The van der Waals surface area contributed by atoms with Gasteiger partial charge in [-0.3, -0.25) is 0 Å². The summed E-state index contributed by atoms with van der Waals surface area (Å²) >= 11 is 1.20. The normalized spacial score (nSPS) is 14.8. The molecule has 0 unspecified atom stereocenters. The van der Waals surface area contributed by atoms with Crippen LogP contribution in [-0.2, 0) is 15.1 Å². The minimum Gasteiger partial charge on any atom is -0.464 e. The van der Waals surface area contributed by atoms with Gasteiger partial charge in [0, 0.05) is 4.88 Å². The van der Waals surface area contributed by atoms with Crippen LogP contribution in [-0.4, -0.2) is 29.4 Å². The lowest BCUT2D eigenvalue weighted by atomic mass is 10.0. The van der Waals surface area contributed by atoms with Gasteiger partial charge in [-0.2, -0.15) is 0 Å². The zero-order valence-corrected chi connectivity index (χ0v) is 8.58.